The van der Waals surface area contributed by atoms with Gasteiger partial charge in [0, 0.05) is 16.8 Å². The lowest BCUT2D eigenvalue weighted by Gasteiger charge is -2.19. The van der Waals surface area contributed by atoms with Gasteiger partial charge in [-0.15, -0.1) is 11.3 Å². The molecule has 96 valence electrons. The Morgan fingerprint density at radius 3 is 2.65 bits per heavy atom. The van der Waals surface area contributed by atoms with Crippen LogP contribution < -0.4 is 5.32 Å². The fraction of sp³-hybridized carbons (Fsp3) is 0.667. The van der Waals surface area contributed by atoms with Crippen LogP contribution in [0.25, 0.3) is 0 Å². The van der Waals surface area contributed by atoms with Gasteiger partial charge in [-0.25, -0.2) is 4.98 Å². The number of halogens is 1. The van der Waals surface area contributed by atoms with Gasteiger partial charge in [0.2, 0.25) is 0 Å². The lowest BCUT2D eigenvalue weighted by atomic mass is 9.99. The number of amides is 1. The lowest BCUT2D eigenvalue weighted by Crippen LogP contribution is -2.33. The maximum absolute atomic E-state index is 11.8. The van der Waals surface area contributed by atoms with Gasteiger partial charge < -0.3 is 5.32 Å². The summed E-state index contributed by atoms with van der Waals surface area (Å²) in [5.74, 6) is 0.525. The highest BCUT2D eigenvalue weighted by Gasteiger charge is 2.17. The molecule has 1 heterocycles. The minimum absolute atomic E-state index is 0.0789. The van der Waals surface area contributed by atoms with Crippen molar-refractivity contribution in [1.82, 2.24) is 10.3 Å². The van der Waals surface area contributed by atoms with Gasteiger partial charge in [0.1, 0.15) is 5.69 Å². The number of carbonyl (C=O) groups excluding carboxylic acids is 1. The van der Waals surface area contributed by atoms with E-state index in [2.05, 4.69) is 40.1 Å². The highest BCUT2D eigenvalue weighted by Crippen LogP contribution is 2.19. The first kappa shape index (κ1) is 14.6. The summed E-state index contributed by atoms with van der Waals surface area (Å²) >= 11 is 5.14. The Kier molecular flexibility index (Phi) is 6.12. The van der Waals surface area contributed by atoms with E-state index in [9.17, 15) is 4.79 Å². The number of nitrogens with zero attached hydrogens (tertiary/aromatic N) is 1. The summed E-state index contributed by atoms with van der Waals surface area (Å²) in [6.07, 6.45) is 2.25. The average Bonchev–Trinajstić information content (AvgIpc) is 2.74. The SMILES string of the molecule is CCC(CC)C(Br)CNC(=O)c1csc(C)n1. The van der Waals surface area contributed by atoms with Crippen molar-refractivity contribution in [2.45, 2.75) is 38.4 Å². The minimum atomic E-state index is -0.0789. The van der Waals surface area contributed by atoms with Crippen LogP contribution in [0.4, 0.5) is 0 Å². The maximum atomic E-state index is 11.8. The summed E-state index contributed by atoms with van der Waals surface area (Å²) < 4.78 is 0. The van der Waals surface area contributed by atoms with Crippen LogP contribution in [0.1, 0.15) is 42.2 Å². The zero-order valence-electron chi connectivity index (χ0n) is 10.5. The Hall–Kier alpha value is -0.420. The molecule has 1 N–H and O–H groups in total. The number of alkyl halides is 1. The molecule has 1 amide bonds. The minimum Gasteiger partial charge on any atom is -0.350 e. The highest BCUT2D eigenvalue weighted by molar-refractivity contribution is 9.09. The number of aryl methyl sites for hydroxylation is 1. The van der Waals surface area contributed by atoms with Crippen LogP contribution >= 0.6 is 27.3 Å². The zero-order chi connectivity index (χ0) is 12.8. The molecular weight excluding hydrogens is 300 g/mol. The first-order valence-corrected chi connectivity index (χ1v) is 7.72. The van der Waals surface area contributed by atoms with E-state index < -0.39 is 0 Å². The maximum Gasteiger partial charge on any atom is 0.270 e. The van der Waals surface area contributed by atoms with Gasteiger partial charge in [-0.2, -0.15) is 0 Å². The second kappa shape index (κ2) is 7.11. The molecule has 3 nitrogen and oxygen atoms in total. The Bertz CT molecular complexity index is 363. The molecule has 0 bridgehead atoms. The topological polar surface area (TPSA) is 42.0 Å². The third-order valence-corrected chi connectivity index (χ3v) is 4.71. The molecule has 5 heteroatoms. The third kappa shape index (κ3) is 4.39. The molecule has 1 atom stereocenters. The Labute approximate surface area is 115 Å². The molecule has 0 fully saturated rings. The van der Waals surface area contributed by atoms with Crippen LogP contribution in [-0.4, -0.2) is 22.3 Å². The standard InChI is InChI=1S/C12H19BrN2OS/c1-4-9(5-2)10(13)6-14-12(16)11-7-17-8(3)15-11/h7,9-10H,4-6H2,1-3H3,(H,14,16). The third-order valence-electron chi connectivity index (χ3n) is 2.87. The van der Waals surface area contributed by atoms with E-state index >= 15 is 0 Å². The van der Waals surface area contributed by atoms with Crippen molar-refractivity contribution in [1.29, 1.82) is 0 Å². The molecule has 17 heavy (non-hydrogen) atoms. The van der Waals surface area contributed by atoms with E-state index in [4.69, 9.17) is 0 Å². The second-order valence-electron chi connectivity index (χ2n) is 4.05. The van der Waals surface area contributed by atoms with Crippen molar-refractivity contribution >= 4 is 33.2 Å². The lowest BCUT2D eigenvalue weighted by molar-refractivity contribution is 0.0947. The smallest absolute Gasteiger partial charge is 0.270 e. The van der Waals surface area contributed by atoms with Crippen molar-refractivity contribution in [3.8, 4) is 0 Å². The monoisotopic (exact) mass is 318 g/mol. The van der Waals surface area contributed by atoms with E-state index in [1.165, 1.54) is 11.3 Å². The van der Waals surface area contributed by atoms with Crippen molar-refractivity contribution in [3.63, 3.8) is 0 Å². The van der Waals surface area contributed by atoms with Crippen LogP contribution in [0.3, 0.4) is 0 Å². The molecule has 0 aromatic carbocycles. The van der Waals surface area contributed by atoms with Crippen molar-refractivity contribution < 1.29 is 4.79 Å². The second-order valence-corrected chi connectivity index (χ2v) is 6.29. The number of carbonyl (C=O) groups is 1. The summed E-state index contributed by atoms with van der Waals surface area (Å²) in [5, 5.41) is 5.64. The molecule has 0 spiro atoms. The van der Waals surface area contributed by atoms with Gasteiger partial charge in [0.15, 0.2) is 0 Å². The van der Waals surface area contributed by atoms with Gasteiger partial charge in [-0.05, 0) is 12.8 Å². The summed E-state index contributed by atoms with van der Waals surface area (Å²) in [6.45, 7) is 6.91. The predicted octanol–water partition coefficient (Wildman–Crippen LogP) is 3.38. The molecule has 0 saturated heterocycles. The quantitative estimate of drug-likeness (QED) is 0.817. The van der Waals surface area contributed by atoms with E-state index in [1.54, 1.807) is 5.38 Å². The highest BCUT2D eigenvalue weighted by atomic mass is 79.9. The Morgan fingerprint density at radius 1 is 1.53 bits per heavy atom. The molecule has 0 aliphatic carbocycles. The summed E-state index contributed by atoms with van der Waals surface area (Å²) in [5.41, 5.74) is 0.525. The van der Waals surface area contributed by atoms with Gasteiger partial charge >= 0.3 is 0 Å². The van der Waals surface area contributed by atoms with Crippen LogP contribution in [0.5, 0.6) is 0 Å². The van der Waals surface area contributed by atoms with E-state index in [-0.39, 0.29) is 5.91 Å². The van der Waals surface area contributed by atoms with Crippen LogP contribution in [-0.2, 0) is 0 Å². The fourth-order valence-corrected chi connectivity index (χ4v) is 3.22. The number of hydrogen-bond donors (Lipinski definition) is 1. The number of rotatable bonds is 6. The molecule has 1 rings (SSSR count). The van der Waals surface area contributed by atoms with E-state index in [0.29, 0.717) is 23.0 Å². The molecule has 0 radical (unpaired) electrons. The normalized spacial score (nSPS) is 12.8. The number of thiazole rings is 1. The summed E-state index contributed by atoms with van der Waals surface area (Å²) in [6, 6.07) is 0. The Morgan fingerprint density at radius 2 is 2.18 bits per heavy atom. The fourth-order valence-electron chi connectivity index (χ4n) is 1.72. The summed E-state index contributed by atoms with van der Waals surface area (Å²) in [4.78, 5) is 16.3. The average molecular weight is 319 g/mol. The van der Waals surface area contributed by atoms with Crippen molar-refractivity contribution in [2.24, 2.45) is 5.92 Å². The molecule has 1 aromatic heterocycles. The van der Waals surface area contributed by atoms with Crippen LogP contribution in [0.15, 0.2) is 5.38 Å². The molecule has 1 aromatic rings. The van der Waals surface area contributed by atoms with Crippen molar-refractivity contribution in [2.75, 3.05) is 6.54 Å². The molecule has 1 unspecified atom stereocenters. The largest absolute Gasteiger partial charge is 0.350 e. The first-order chi connectivity index (χ1) is 8.08. The van der Waals surface area contributed by atoms with Gasteiger partial charge in [-0.1, -0.05) is 42.6 Å². The number of aromatic nitrogens is 1. The predicted molar refractivity (Wildman–Crippen MR) is 76.0 cm³/mol. The van der Waals surface area contributed by atoms with Gasteiger partial charge in [-0.3, -0.25) is 4.79 Å². The molecule has 0 saturated carbocycles. The number of hydrogen-bond acceptors (Lipinski definition) is 3. The Balaban J connectivity index is 2.43. The zero-order valence-corrected chi connectivity index (χ0v) is 12.9. The van der Waals surface area contributed by atoms with Gasteiger partial charge in [0.05, 0.1) is 5.01 Å². The van der Waals surface area contributed by atoms with Crippen LogP contribution in [0.2, 0.25) is 0 Å². The molecule has 0 aliphatic rings. The molecule has 0 aliphatic heterocycles. The summed E-state index contributed by atoms with van der Waals surface area (Å²) in [7, 11) is 0. The van der Waals surface area contributed by atoms with Crippen molar-refractivity contribution in [3.05, 3.63) is 16.1 Å². The molecular formula is C12H19BrN2OS. The van der Waals surface area contributed by atoms with E-state index in [0.717, 1.165) is 17.8 Å². The number of nitrogens with one attached hydrogen (secondary N) is 1. The van der Waals surface area contributed by atoms with E-state index in [1.807, 2.05) is 6.92 Å². The first-order valence-electron chi connectivity index (χ1n) is 5.92. The van der Waals surface area contributed by atoms with Gasteiger partial charge in [0.25, 0.3) is 5.91 Å². The van der Waals surface area contributed by atoms with Crippen LogP contribution in [0, 0.1) is 12.8 Å².